The number of nitrogens with zero attached hydrogens (tertiary/aromatic N) is 1. The molecule has 76 heavy (non-hydrogen) atoms. The molecule has 0 amide bonds. The van der Waals surface area contributed by atoms with E-state index in [2.05, 4.69) is 129 Å². The van der Waals surface area contributed by atoms with E-state index in [-0.39, 0.29) is 26.1 Å². The maximum absolute atomic E-state index is 12.8. The van der Waals surface area contributed by atoms with E-state index < -0.39 is 32.5 Å². The highest BCUT2D eigenvalue weighted by atomic mass is 31.2. The molecule has 0 aliphatic rings. The SMILES string of the molecule is CC/C=C\C/C=C\C/C=C\C/C=C\C/C=C\C/C=C\C/C=C\CCCC(=O)OC(COC(=O)CCCCCCCCCCCCCCCC/C=C\C/C=C\C/C=C\CCCCCCC)COP(=O)([O-])OCC[N+](C)(C)C. The summed E-state index contributed by atoms with van der Waals surface area (Å²) < 4.78 is 34.1. The zero-order valence-electron chi connectivity index (χ0n) is 49.2. The topological polar surface area (TPSA) is 111 Å². The number of phosphoric acid groups is 1. The van der Waals surface area contributed by atoms with Crippen LogP contribution in [0.5, 0.6) is 0 Å². The van der Waals surface area contributed by atoms with Gasteiger partial charge in [-0.2, -0.15) is 0 Å². The number of esters is 2. The Morgan fingerprint density at radius 3 is 1.16 bits per heavy atom. The third-order valence-corrected chi connectivity index (χ3v) is 13.4. The van der Waals surface area contributed by atoms with Gasteiger partial charge in [0.05, 0.1) is 27.7 Å². The lowest BCUT2D eigenvalue weighted by Gasteiger charge is -2.28. The molecule has 0 saturated heterocycles. The lowest BCUT2D eigenvalue weighted by Crippen LogP contribution is -2.37. The van der Waals surface area contributed by atoms with E-state index in [1.54, 1.807) is 0 Å². The molecular weight excluding hydrogens is 966 g/mol. The van der Waals surface area contributed by atoms with Crippen LogP contribution in [-0.2, 0) is 32.7 Å². The van der Waals surface area contributed by atoms with Crippen molar-refractivity contribution in [1.82, 2.24) is 0 Å². The first kappa shape index (κ1) is 72.4. The van der Waals surface area contributed by atoms with E-state index in [0.29, 0.717) is 30.3 Å². The van der Waals surface area contributed by atoms with Gasteiger partial charge in [0, 0.05) is 12.8 Å². The van der Waals surface area contributed by atoms with Gasteiger partial charge in [0.1, 0.15) is 19.8 Å². The Morgan fingerprint density at radius 1 is 0.421 bits per heavy atom. The molecule has 9 nitrogen and oxygen atoms in total. The van der Waals surface area contributed by atoms with Gasteiger partial charge in [-0.15, -0.1) is 0 Å². The first-order chi connectivity index (χ1) is 37.0. The third kappa shape index (κ3) is 59.7. The molecule has 0 aromatic carbocycles. The summed E-state index contributed by atoms with van der Waals surface area (Å²) in [5.74, 6) is -0.909. The maximum Gasteiger partial charge on any atom is 0.306 e. The van der Waals surface area contributed by atoms with Crippen molar-refractivity contribution >= 4 is 19.8 Å². The molecule has 0 fully saturated rings. The van der Waals surface area contributed by atoms with Crippen molar-refractivity contribution < 1.29 is 42.1 Å². The molecule has 10 heteroatoms. The summed E-state index contributed by atoms with van der Waals surface area (Å²) in [7, 11) is 1.11. The van der Waals surface area contributed by atoms with Gasteiger partial charge in [-0.05, 0) is 103 Å². The largest absolute Gasteiger partial charge is 0.756 e. The summed E-state index contributed by atoms with van der Waals surface area (Å²) in [6.07, 6.45) is 79.7. The minimum absolute atomic E-state index is 0.0482. The van der Waals surface area contributed by atoms with Gasteiger partial charge in [-0.1, -0.05) is 238 Å². The smallest absolute Gasteiger partial charge is 0.306 e. The molecule has 2 atom stereocenters. The van der Waals surface area contributed by atoms with E-state index in [1.807, 2.05) is 27.2 Å². The Hall–Kier alpha value is -3.59. The van der Waals surface area contributed by atoms with Crippen LogP contribution in [0.2, 0.25) is 0 Å². The normalized spacial score (nSPS) is 14.1. The molecule has 2 unspecified atom stereocenters. The van der Waals surface area contributed by atoms with Crippen LogP contribution in [-0.4, -0.2) is 70.0 Å². The molecule has 0 rings (SSSR count). The number of hydrogen-bond donors (Lipinski definition) is 0. The first-order valence-electron chi connectivity index (χ1n) is 30.2. The average Bonchev–Trinajstić information content (AvgIpc) is 3.38. The lowest BCUT2D eigenvalue weighted by molar-refractivity contribution is -0.870. The van der Waals surface area contributed by atoms with E-state index in [1.165, 1.54) is 109 Å². The molecule has 0 N–H and O–H groups in total. The molecule has 0 saturated carbocycles. The van der Waals surface area contributed by atoms with Crippen LogP contribution in [0.15, 0.2) is 122 Å². The van der Waals surface area contributed by atoms with E-state index in [4.69, 9.17) is 18.5 Å². The summed E-state index contributed by atoms with van der Waals surface area (Å²) >= 11 is 0. The number of phosphoric ester groups is 1. The minimum Gasteiger partial charge on any atom is -0.756 e. The Bertz CT molecular complexity index is 1700. The second-order valence-corrected chi connectivity index (χ2v) is 22.4. The molecule has 0 aliphatic carbocycles. The van der Waals surface area contributed by atoms with Crippen molar-refractivity contribution in [3.05, 3.63) is 122 Å². The highest BCUT2D eigenvalue weighted by molar-refractivity contribution is 7.45. The van der Waals surface area contributed by atoms with Gasteiger partial charge in [0.2, 0.25) is 0 Å². The predicted molar refractivity (Wildman–Crippen MR) is 323 cm³/mol. The van der Waals surface area contributed by atoms with Crippen LogP contribution in [0.1, 0.15) is 232 Å². The standard InChI is InChI=1S/C66H112NO8P/c1-6-8-10-12-14-16-18-20-22-24-26-28-30-31-32-33-34-35-37-38-40-42-44-46-48-50-52-54-56-58-65(68)72-62-64(63-74-76(70,71)73-61-60-67(3,4)5)75-66(69)59-57-55-53-51-49-47-45-43-41-39-36-29-27-25-23-21-19-17-15-13-11-9-7-2/h9,11,15,17-18,20-21,23-24,26-27,29-31,39,41,45,47,51,53,64H,6-8,10,12-14,16,19,22,25,28,32-38,40,42-44,46,48-50,52,54-63H2,1-5H3/b11-9-,17-15-,20-18-,23-21-,26-24-,29-27-,31-30-,41-39-,47-45-,53-51-. The van der Waals surface area contributed by atoms with Gasteiger partial charge in [0.25, 0.3) is 7.82 Å². The number of allylic oxidation sites excluding steroid dienone is 20. The van der Waals surface area contributed by atoms with Gasteiger partial charge in [-0.25, -0.2) is 0 Å². The molecule has 0 heterocycles. The third-order valence-electron chi connectivity index (χ3n) is 12.5. The predicted octanol–water partition coefficient (Wildman–Crippen LogP) is 18.5. The number of carbonyl (C=O) groups excluding carboxylic acids is 2. The fraction of sp³-hybridized carbons (Fsp3) is 0.667. The number of hydrogen-bond acceptors (Lipinski definition) is 8. The van der Waals surface area contributed by atoms with Crippen molar-refractivity contribution in [1.29, 1.82) is 0 Å². The van der Waals surface area contributed by atoms with Crippen LogP contribution < -0.4 is 4.89 Å². The van der Waals surface area contributed by atoms with Crippen LogP contribution in [0.25, 0.3) is 0 Å². The minimum atomic E-state index is -4.66. The summed E-state index contributed by atoms with van der Waals surface area (Å²) in [6, 6.07) is 0. The summed E-state index contributed by atoms with van der Waals surface area (Å²) in [6.45, 7) is 4.04. The monoisotopic (exact) mass is 1080 g/mol. The van der Waals surface area contributed by atoms with Crippen LogP contribution in [0, 0.1) is 0 Å². The fourth-order valence-electron chi connectivity index (χ4n) is 7.83. The van der Waals surface area contributed by atoms with Gasteiger partial charge in [-0.3, -0.25) is 14.2 Å². The van der Waals surface area contributed by atoms with Crippen molar-refractivity contribution in [3.8, 4) is 0 Å². The van der Waals surface area contributed by atoms with Crippen molar-refractivity contribution in [2.75, 3.05) is 47.5 Å². The Balaban J connectivity index is 4.23. The Kier molecular flexibility index (Phi) is 53.5. The van der Waals surface area contributed by atoms with E-state index >= 15 is 0 Å². The van der Waals surface area contributed by atoms with Gasteiger partial charge >= 0.3 is 11.9 Å². The molecule has 434 valence electrons. The highest BCUT2D eigenvalue weighted by Crippen LogP contribution is 2.38. The quantitative estimate of drug-likeness (QED) is 0.0195. The number of likely N-dealkylation sites (N-methyl/N-ethyl adjacent to an activating group) is 1. The van der Waals surface area contributed by atoms with E-state index in [9.17, 15) is 19.0 Å². The second kappa shape index (κ2) is 56.1. The molecule has 0 aromatic heterocycles. The first-order valence-corrected chi connectivity index (χ1v) is 31.7. The molecule has 0 radical (unpaired) electrons. The summed E-state index contributed by atoms with van der Waals surface area (Å²) in [5, 5.41) is 0. The zero-order valence-corrected chi connectivity index (χ0v) is 50.0. The number of quaternary nitrogens is 1. The van der Waals surface area contributed by atoms with Gasteiger partial charge in [0.15, 0.2) is 6.10 Å². The number of carbonyl (C=O) groups is 2. The van der Waals surface area contributed by atoms with E-state index in [0.717, 1.165) is 77.0 Å². The molecular formula is C66H112NO8P. The van der Waals surface area contributed by atoms with Crippen molar-refractivity contribution in [2.24, 2.45) is 0 Å². The number of ether oxygens (including phenoxy) is 2. The maximum atomic E-state index is 12.8. The summed E-state index contributed by atoms with van der Waals surface area (Å²) in [5.41, 5.74) is 0. The molecule has 0 bridgehead atoms. The summed E-state index contributed by atoms with van der Waals surface area (Å²) in [4.78, 5) is 37.9. The van der Waals surface area contributed by atoms with Crippen LogP contribution in [0.3, 0.4) is 0 Å². The Labute approximate surface area is 467 Å². The number of unbranched alkanes of at least 4 members (excludes halogenated alkanes) is 20. The van der Waals surface area contributed by atoms with Crippen molar-refractivity contribution in [2.45, 2.75) is 238 Å². The average molecular weight is 1080 g/mol. The Morgan fingerprint density at radius 2 is 0.763 bits per heavy atom. The van der Waals surface area contributed by atoms with Crippen molar-refractivity contribution in [3.63, 3.8) is 0 Å². The fourth-order valence-corrected chi connectivity index (χ4v) is 8.56. The molecule has 0 spiro atoms. The second-order valence-electron chi connectivity index (χ2n) is 21.0. The van der Waals surface area contributed by atoms with Crippen LogP contribution in [0.4, 0.5) is 0 Å². The molecule has 0 aliphatic heterocycles. The number of rotatable bonds is 54. The molecule has 0 aromatic rings. The zero-order chi connectivity index (χ0) is 55.6. The van der Waals surface area contributed by atoms with Crippen LogP contribution >= 0.6 is 7.82 Å². The lowest BCUT2D eigenvalue weighted by atomic mass is 10.0. The van der Waals surface area contributed by atoms with Gasteiger partial charge < -0.3 is 27.9 Å². The highest BCUT2D eigenvalue weighted by Gasteiger charge is 2.21.